The van der Waals surface area contributed by atoms with Gasteiger partial charge in [0.15, 0.2) is 4.91 Å². The Morgan fingerprint density at radius 2 is 1.85 bits per heavy atom. The van der Waals surface area contributed by atoms with Crippen LogP contribution in [0.25, 0.3) is 0 Å². The second-order valence-electron chi connectivity index (χ2n) is 4.65. The van der Waals surface area contributed by atoms with Crippen LogP contribution in [0.3, 0.4) is 0 Å². The predicted molar refractivity (Wildman–Crippen MR) is 73.7 cm³/mol. The van der Waals surface area contributed by atoms with Gasteiger partial charge in [-0.15, -0.1) is 0 Å². The van der Waals surface area contributed by atoms with Gasteiger partial charge in [-0.1, -0.05) is 30.3 Å². The number of methoxy groups -OCH3 is 1. The second-order valence-corrected chi connectivity index (χ2v) is 6.55. The molecule has 20 heavy (non-hydrogen) atoms. The fraction of sp³-hybridized carbons (Fsp3) is 0.308. The Labute approximate surface area is 117 Å². The molecule has 6 nitrogen and oxygen atoms in total. The van der Waals surface area contributed by atoms with Crippen molar-refractivity contribution in [2.45, 2.75) is 12.5 Å². The first kappa shape index (κ1) is 14.5. The summed E-state index contributed by atoms with van der Waals surface area (Å²) in [5, 5.41) is 0. The van der Waals surface area contributed by atoms with Crippen LogP contribution in [0.4, 0.5) is 0 Å². The van der Waals surface area contributed by atoms with Gasteiger partial charge < -0.3 is 10.5 Å². The molecular formula is C13H16N2O4S. The van der Waals surface area contributed by atoms with Crippen molar-refractivity contribution in [3.63, 3.8) is 0 Å². The summed E-state index contributed by atoms with van der Waals surface area (Å²) < 4.78 is 30.4. The number of sulfonamides is 1. The van der Waals surface area contributed by atoms with Crippen LogP contribution in [0.1, 0.15) is 12.5 Å². The molecule has 0 spiro atoms. The highest BCUT2D eigenvalue weighted by molar-refractivity contribution is 7.94. The number of hydrogen-bond acceptors (Lipinski definition) is 5. The highest BCUT2D eigenvalue weighted by Crippen LogP contribution is 2.43. The van der Waals surface area contributed by atoms with Crippen molar-refractivity contribution in [3.8, 4) is 0 Å². The SMILES string of the molecule is COC(=O)C1=C(N)C(C)(c2ccccc2)N(C)S1(=O)=O. The Morgan fingerprint density at radius 3 is 2.35 bits per heavy atom. The highest BCUT2D eigenvalue weighted by Gasteiger charge is 2.53. The van der Waals surface area contributed by atoms with Crippen LogP contribution in [0, 0.1) is 0 Å². The van der Waals surface area contributed by atoms with Crippen LogP contribution in [-0.4, -0.2) is 32.8 Å². The maximum absolute atomic E-state index is 12.4. The molecule has 0 aromatic heterocycles. The molecule has 1 aliphatic rings. The monoisotopic (exact) mass is 296 g/mol. The van der Waals surface area contributed by atoms with Crippen LogP contribution in [-0.2, 0) is 25.1 Å². The topological polar surface area (TPSA) is 89.7 Å². The number of nitrogens with zero attached hydrogens (tertiary/aromatic N) is 1. The first-order chi connectivity index (χ1) is 9.27. The Balaban J connectivity index is 2.74. The molecule has 1 aliphatic heterocycles. The van der Waals surface area contributed by atoms with E-state index in [9.17, 15) is 13.2 Å². The number of hydrogen-bond donors (Lipinski definition) is 1. The van der Waals surface area contributed by atoms with Gasteiger partial charge in [0.25, 0.3) is 10.0 Å². The van der Waals surface area contributed by atoms with E-state index < -0.39 is 26.4 Å². The zero-order chi connectivity index (χ0) is 15.1. The molecule has 0 amide bonds. The van der Waals surface area contributed by atoms with Crippen molar-refractivity contribution in [2.75, 3.05) is 14.2 Å². The van der Waals surface area contributed by atoms with Crippen LogP contribution in [0.5, 0.6) is 0 Å². The van der Waals surface area contributed by atoms with E-state index in [4.69, 9.17) is 5.73 Å². The predicted octanol–water partition coefficient (Wildman–Crippen LogP) is 0.520. The van der Waals surface area contributed by atoms with Gasteiger partial charge in [0.05, 0.1) is 18.3 Å². The minimum absolute atomic E-state index is 0.0296. The summed E-state index contributed by atoms with van der Waals surface area (Å²) in [6.07, 6.45) is 0. The lowest BCUT2D eigenvalue weighted by atomic mass is 9.88. The summed E-state index contributed by atoms with van der Waals surface area (Å²) in [7, 11) is -1.45. The van der Waals surface area contributed by atoms with E-state index in [0.717, 1.165) is 11.4 Å². The molecule has 108 valence electrons. The fourth-order valence-electron chi connectivity index (χ4n) is 2.31. The summed E-state index contributed by atoms with van der Waals surface area (Å²) in [6.45, 7) is 1.66. The van der Waals surface area contributed by atoms with Crippen molar-refractivity contribution in [1.29, 1.82) is 0 Å². The second kappa shape index (κ2) is 4.60. The quantitative estimate of drug-likeness (QED) is 0.804. The molecule has 1 heterocycles. The van der Waals surface area contributed by atoms with Crippen molar-refractivity contribution < 1.29 is 17.9 Å². The van der Waals surface area contributed by atoms with Crippen LogP contribution >= 0.6 is 0 Å². The van der Waals surface area contributed by atoms with E-state index in [-0.39, 0.29) is 5.70 Å². The summed E-state index contributed by atoms with van der Waals surface area (Å²) in [4.78, 5) is 11.2. The van der Waals surface area contributed by atoms with Gasteiger partial charge in [-0.3, -0.25) is 0 Å². The van der Waals surface area contributed by atoms with Gasteiger partial charge in [0.2, 0.25) is 0 Å². The number of carbonyl (C=O) groups excluding carboxylic acids is 1. The molecule has 2 N–H and O–H groups in total. The van der Waals surface area contributed by atoms with E-state index >= 15 is 0 Å². The van der Waals surface area contributed by atoms with Crippen LogP contribution < -0.4 is 5.73 Å². The summed E-state index contributed by atoms with van der Waals surface area (Å²) in [5.74, 6) is -0.950. The van der Waals surface area contributed by atoms with Gasteiger partial charge in [0.1, 0.15) is 0 Å². The van der Waals surface area contributed by atoms with E-state index in [0.29, 0.717) is 5.56 Å². The Morgan fingerprint density at radius 1 is 1.30 bits per heavy atom. The standard InChI is InChI=1S/C13H16N2O4S/c1-13(9-7-5-4-6-8-9)11(14)10(12(16)19-3)20(17,18)15(13)2/h4-8H,14H2,1-3H3. The lowest BCUT2D eigenvalue weighted by Gasteiger charge is -2.32. The third kappa shape index (κ3) is 1.74. The zero-order valence-corrected chi connectivity index (χ0v) is 12.3. The van der Waals surface area contributed by atoms with Crippen molar-refractivity contribution in [3.05, 3.63) is 46.5 Å². The minimum Gasteiger partial charge on any atom is -0.465 e. The number of rotatable bonds is 2. The molecule has 0 aliphatic carbocycles. The summed E-state index contributed by atoms with van der Waals surface area (Å²) >= 11 is 0. The molecule has 0 saturated carbocycles. The average molecular weight is 296 g/mol. The number of benzene rings is 1. The Kier molecular flexibility index (Phi) is 3.35. The van der Waals surface area contributed by atoms with Crippen molar-refractivity contribution in [2.24, 2.45) is 5.73 Å². The number of ether oxygens (including phenoxy) is 1. The number of esters is 1. The molecular weight excluding hydrogens is 280 g/mol. The van der Waals surface area contributed by atoms with Gasteiger partial charge in [0, 0.05) is 7.05 Å². The maximum Gasteiger partial charge on any atom is 0.352 e. The van der Waals surface area contributed by atoms with Gasteiger partial charge in [-0.25, -0.2) is 13.2 Å². The first-order valence-electron chi connectivity index (χ1n) is 5.91. The molecule has 1 aromatic carbocycles. The van der Waals surface area contributed by atoms with E-state index in [2.05, 4.69) is 4.74 Å². The molecule has 0 saturated heterocycles. The van der Waals surface area contributed by atoms with Crippen molar-refractivity contribution in [1.82, 2.24) is 4.31 Å². The lowest BCUT2D eigenvalue weighted by Crippen LogP contribution is -2.42. The molecule has 0 radical (unpaired) electrons. The molecule has 1 aromatic rings. The molecule has 2 rings (SSSR count). The summed E-state index contributed by atoms with van der Waals surface area (Å²) in [5.41, 5.74) is 5.54. The van der Waals surface area contributed by atoms with Crippen LogP contribution in [0.2, 0.25) is 0 Å². The van der Waals surface area contributed by atoms with Gasteiger partial charge >= 0.3 is 5.97 Å². The largest absolute Gasteiger partial charge is 0.465 e. The number of carbonyl (C=O) groups is 1. The molecule has 7 heteroatoms. The lowest BCUT2D eigenvalue weighted by molar-refractivity contribution is -0.135. The Bertz CT molecular complexity index is 682. The third-order valence-corrected chi connectivity index (χ3v) is 5.71. The van der Waals surface area contributed by atoms with E-state index in [1.807, 2.05) is 6.07 Å². The average Bonchev–Trinajstić information content (AvgIpc) is 2.58. The molecule has 0 fully saturated rings. The van der Waals surface area contributed by atoms with Gasteiger partial charge in [-0.05, 0) is 12.5 Å². The van der Waals surface area contributed by atoms with Crippen molar-refractivity contribution >= 4 is 16.0 Å². The molecule has 0 bridgehead atoms. The maximum atomic E-state index is 12.4. The summed E-state index contributed by atoms with van der Waals surface area (Å²) in [6, 6.07) is 8.91. The van der Waals surface area contributed by atoms with Gasteiger partial charge in [-0.2, -0.15) is 4.31 Å². The molecule has 1 unspecified atom stereocenters. The third-order valence-electron chi connectivity index (χ3n) is 3.72. The zero-order valence-electron chi connectivity index (χ0n) is 11.5. The first-order valence-corrected chi connectivity index (χ1v) is 7.35. The van der Waals surface area contributed by atoms with Crippen LogP contribution in [0.15, 0.2) is 40.9 Å². The smallest absolute Gasteiger partial charge is 0.352 e. The minimum atomic E-state index is -3.97. The number of likely N-dealkylation sites (N-methyl/N-ethyl adjacent to an activating group) is 1. The highest BCUT2D eigenvalue weighted by atomic mass is 32.2. The fourth-order valence-corrected chi connectivity index (χ4v) is 4.04. The Hall–Kier alpha value is -1.86. The number of nitrogens with two attached hydrogens (primary N) is 1. The normalized spacial score (nSPS) is 25.8. The van der Waals surface area contributed by atoms with E-state index in [1.54, 1.807) is 31.2 Å². The van der Waals surface area contributed by atoms with E-state index in [1.165, 1.54) is 7.05 Å². The molecule has 1 atom stereocenters.